The fraction of sp³-hybridized carbons (Fsp3) is 0.579. The monoisotopic (exact) mass is 332 g/mol. The molecule has 1 aromatic carbocycles. The quantitative estimate of drug-likeness (QED) is 0.723. The molecule has 0 saturated heterocycles. The summed E-state index contributed by atoms with van der Waals surface area (Å²) in [5, 5.41) is 15.2. The predicted molar refractivity (Wildman–Crippen MR) is 93.8 cm³/mol. The molecular weight excluding hydrogens is 304 g/mol. The topological polar surface area (TPSA) is 78.4 Å². The molecule has 0 aromatic heterocycles. The molecule has 2 amide bonds. The van der Waals surface area contributed by atoms with Crippen LogP contribution in [0.15, 0.2) is 18.2 Å². The van der Waals surface area contributed by atoms with Gasteiger partial charge in [-0.25, -0.2) is 0 Å². The van der Waals surface area contributed by atoms with Crippen molar-refractivity contribution < 1.29 is 14.7 Å². The van der Waals surface area contributed by atoms with Crippen molar-refractivity contribution in [1.82, 2.24) is 10.6 Å². The summed E-state index contributed by atoms with van der Waals surface area (Å²) in [6.45, 7) is 3.94. The van der Waals surface area contributed by atoms with Gasteiger partial charge in [0.05, 0.1) is 6.54 Å². The molecule has 1 aromatic rings. The van der Waals surface area contributed by atoms with Crippen LogP contribution in [0.25, 0.3) is 0 Å². The van der Waals surface area contributed by atoms with Gasteiger partial charge in [0.25, 0.3) is 5.91 Å². The minimum absolute atomic E-state index is 0.00289. The number of amides is 2. The number of rotatable bonds is 5. The molecule has 2 rings (SSSR count). The van der Waals surface area contributed by atoms with E-state index in [0.717, 1.165) is 43.2 Å². The molecule has 0 heterocycles. The molecule has 0 bridgehead atoms. The number of benzene rings is 1. The number of hydrogen-bond donors (Lipinski definition) is 3. The molecule has 2 atom stereocenters. The molecule has 132 valence electrons. The standard InChI is InChI=1S/C19H28N2O3/c1-13-8-14(2)10-16(9-13)19(24)20-11-18(23)21-17-7-5-3-4-6-15(17)12-22/h8-10,15,17,22H,3-7,11-12H2,1-2H3,(H,20,24)(H,21,23). The lowest BCUT2D eigenvalue weighted by atomic mass is 9.95. The average molecular weight is 332 g/mol. The van der Waals surface area contributed by atoms with Gasteiger partial charge in [-0.1, -0.05) is 36.5 Å². The van der Waals surface area contributed by atoms with Crippen molar-refractivity contribution in [3.05, 3.63) is 34.9 Å². The number of aryl methyl sites for hydroxylation is 2. The number of aliphatic hydroxyl groups excluding tert-OH is 1. The van der Waals surface area contributed by atoms with Gasteiger partial charge < -0.3 is 15.7 Å². The Hall–Kier alpha value is -1.88. The molecule has 5 nitrogen and oxygen atoms in total. The van der Waals surface area contributed by atoms with Crippen LogP contribution in [0.4, 0.5) is 0 Å². The fourth-order valence-electron chi connectivity index (χ4n) is 3.42. The van der Waals surface area contributed by atoms with E-state index in [4.69, 9.17) is 0 Å². The van der Waals surface area contributed by atoms with Crippen LogP contribution < -0.4 is 10.6 Å². The summed E-state index contributed by atoms with van der Waals surface area (Å²) < 4.78 is 0. The van der Waals surface area contributed by atoms with Crippen LogP contribution >= 0.6 is 0 Å². The highest BCUT2D eigenvalue weighted by atomic mass is 16.3. The van der Waals surface area contributed by atoms with Crippen molar-refractivity contribution >= 4 is 11.8 Å². The fourth-order valence-corrected chi connectivity index (χ4v) is 3.42. The Morgan fingerprint density at radius 1 is 1.08 bits per heavy atom. The van der Waals surface area contributed by atoms with E-state index in [9.17, 15) is 14.7 Å². The lowest BCUT2D eigenvalue weighted by Gasteiger charge is -2.24. The average Bonchev–Trinajstić information content (AvgIpc) is 2.76. The third-order valence-corrected chi connectivity index (χ3v) is 4.63. The molecule has 1 aliphatic rings. The number of nitrogens with one attached hydrogen (secondary N) is 2. The first kappa shape index (κ1) is 18.5. The van der Waals surface area contributed by atoms with Crippen LogP contribution in [0, 0.1) is 19.8 Å². The van der Waals surface area contributed by atoms with E-state index in [1.165, 1.54) is 0 Å². The van der Waals surface area contributed by atoms with Crippen LogP contribution in [0.2, 0.25) is 0 Å². The van der Waals surface area contributed by atoms with Crippen molar-refractivity contribution in [2.45, 2.75) is 52.0 Å². The Morgan fingerprint density at radius 2 is 1.75 bits per heavy atom. The number of aliphatic hydroxyl groups is 1. The minimum Gasteiger partial charge on any atom is -0.396 e. The van der Waals surface area contributed by atoms with Crippen molar-refractivity contribution in [3.63, 3.8) is 0 Å². The summed E-state index contributed by atoms with van der Waals surface area (Å²) in [6, 6.07) is 5.63. The van der Waals surface area contributed by atoms with E-state index in [-0.39, 0.29) is 36.9 Å². The molecule has 3 N–H and O–H groups in total. The third-order valence-electron chi connectivity index (χ3n) is 4.63. The first-order chi connectivity index (χ1) is 11.5. The summed E-state index contributed by atoms with van der Waals surface area (Å²) in [6.07, 6.45) is 5.14. The van der Waals surface area contributed by atoms with Crippen LogP contribution in [-0.2, 0) is 4.79 Å². The van der Waals surface area contributed by atoms with Gasteiger partial charge in [-0.3, -0.25) is 9.59 Å². The first-order valence-corrected chi connectivity index (χ1v) is 8.76. The van der Waals surface area contributed by atoms with E-state index < -0.39 is 0 Å². The molecule has 1 fully saturated rings. The Bertz CT molecular complexity index is 566. The van der Waals surface area contributed by atoms with Gasteiger partial charge in [0.1, 0.15) is 0 Å². The summed E-state index contributed by atoms with van der Waals surface area (Å²) in [5.74, 6) is -0.318. The molecule has 1 saturated carbocycles. The van der Waals surface area contributed by atoms with Crippen LogP contribution in [0.3, 0.4) is 0 Å². The van der Waals surface area contributed by atoms with E-state index in [2.05, 4.69) is 10.6 Å². The molecule has 5 heteroatoms. The van der Waals surface area contributed by atoms with Crippen molar-refractivity contribution in [3.8, 4) is 0 Å². The largest absolute Gasteiger partial charge is 0.396 e. The summed E-state index contributed by atoms with van der Waals surface area (Å²) >= 11 is 0. The maximum absolute atomic E-state index is 12.2. The number of carbonyl (C=O) groups excluding carboxylic acids is 2. The summed E-state index contributed by atoms with van der Waals surface area (Å²) in [7, 11) is 0. The molecule has 1 aliphatic carbocycles. The highest BCUT2D eigenvalue weighted by Crippen LogP contribution is 2.23. The lowest BCUT2D eigenvalue weighted by Crippen LogP contribution is -2.45. The summed E-state index contributed by atoms with van der Waals surface area (Å²) in [4.78, 5) is 24.3. The molecular formula is C19H28N2O3. The van der Waals surface area contributed by atoms with Gasteiger partial charge >= 0.3 is 0 Å². The predicted octanol–water partition coefficient (Wildman–Crippen LogP) is 2.09. The molecule has 0 aliphatic heterocycles. The molecule has 24 heavy (non-hydrogen) atoms. The smallest absolute Gasteiger partial charge is 0.251 e. The van der Waals surface area contributed by atoms with Crippen LogP contribution in [-0.4, -0.2) is 36.1 Å². The Morgan fingerprint density at radius 3 is 2.42 bits per heavy atom. The number of hydrogen-bond acceptors (Lipinski definition) is 3. The zero-order valence-corrected chi connectivity index (χ0v) is 14.6. The van der Waals surface area contributed by atoms with E-state index in [1.807, 2.05) is 32.0 Å². The second-order valence-electron chi connectivity index (χ2n) is 6.81. The second kappa shape index (κ2) is 8.83. The van der Waals surface area contributed by atoms with Crippen molar-refractivity contribution in [1.29, 1.82) is 0 Å². The lowest BCUT2D eigenvalue weighted by molar-refractivity contribution is -0.121. The SMILES string of the molecule is Cc1cc(C)cc(C(=O)NCC(=O)NC2CCCCCC2CO)c1. The van der Waals surface area contributed by atoms with Gasteiger partial charge in [-0.2, -0.15) is 0 Å². The third kappa shape index (κ3) is 5.34. The van der Waals surface area contributed by atoms with Gasteiger partial charge in [0, 0.05) is 24.1 Å². The highest BCUT2D eigenvalue weighted by molar-refractivity contribution is 5.96. The first-order valence-electron chi connectivity index (χ1n) is 8.76. The van der Waals surface area contributed by atoms with Crippen molar-refractivity contribution in [2.75, 3.05) is 13.2 Å². The van der Waals surface area contributed by atoms with Crippen LogP contribution in [0.1, 0.15) is 53.6 Å². The zero-order chi connectivity index (χ0) is 17.5. The molecule has 2 unspecified atom stereocenters. The Kier molecular flexibility index (Phi) is 6.79. The van der Waals surface area contributed by atoms with Crippen LogP contribution in [0.5, 0.6) is 0 Å². The molecule has 0 radical (unpaired) electrons. The van der Waals surface area contributed by atoms with E-state index in [0.29, 0.717) is 5.56 Å². The Labute approximate surface area is 143 Å². The maximum Gasteiger partial charge on any atom is 0.251 e. The normalized spacial score (nSPS) is 21.0. The highest BCUT2D eigenvalue weighted by Gasteiger charge is 2.24. The van der Waals surface area contributed by atoms with Gasteiger partial charge in [0.2, 0.25) is 5.91 Å². The van der Waals surface area contributed by atoms with Gasteiger partial charge in [0.15, 0.2) is 0 Å². The summed E-state index contributed by atoms with van der Waals surface area (Å²) in [5.41, 5.74) is 2.62. The Balaban J connectivity index is 1.86. The van der Waals surface area contributed by atoms with Gasteiger partial charge in [-0.05, 0) is 38.8 Å². The van der Waals surface area contributed by atoms with Gasteiger partial charge in [-0.15, -0.1) is 0 Å². The van der Waals surface area contributed by atoms with E-state index >= 15 is 0 Å². The minimum atomic E-state index is -0.239. The maximum atomic E-state index is 12.2. The number of carbonyl (C=O) groups is 2. The van der Waals surface area contributed by atoms with E-state index in [1.54, 1.807) is 0 Å². The second-order valence-corrected chi connectivity index (χ2v) is 6.81. The molecule has 0 spiro atoms. The van der Waals surface area contributed by atoms with Crippen molar-refractivity contribution in [2.24, 2.45) is 5.92 Å². The zero-order valence-electron chi connectivity index (χ0n) is 14.6.